The monoisotopic (exact) mass is 407 g/mol. The van der Waals surface area contributed by atoms with Gasteiger partial charge in [0.05, 0.1) is 17.2 Å². The molecule has 2 heterocycles. The maximum Gasteiger partial charge on any atom is 0.192 e. The van der Waals surface area contributed by atoms with Crippen LogP contribution in [0.2, 0.25) is 0 Å². The van der Waals surface area contributed by atoms with Crippen LogP contribution in [0.3, 0.4) is 0 Å². The van der Waals surface area contributed by atoms with E-state index in [-0.39, 0.29) is 17.3 Å². The summed E-state index contributed by atoms with van der Waals surface area (Å²) in [6.45, 7) is 0.636. The highest BCUT2D eigenvalue weighted by atomic mass is 32.2. The summed E-state index contributed by atoms with van der Waals surface area (Å²) >= 11 is 2.99. The Kier molecular flexibility index (Phi) is 5.55. The molecule has 0 aliphatic rings. The van der Waals surface area contributed by atoms with Gasteiger partial charge in [-0.2, -0.15) is 0 Å². The largest absolute Gasteiger partial charge is 0.508 e. The van der Waals surface area contributed by atoms with Gasteiger partial charge in [-0.25, -0.2) is 0 Å². The molecular formula is C21H17N3O2S2. The Morgan fingerprint density at radius 3 is 2.50 bits per heavy atom. The maximum absolute atomic E-state index is 12.5. The van der Waals surface area contributed by atoms with Crippen LogP contribution in [-0.2, 0) is 6.54 Å². The quantitative estimate of drug-likeness (QED) is 0.354. The van der Waals surface area contributed by atoms with E-state index in [2.05, 4.69) is 26.9 Å². The first-order chi connectivity index (χ1) is 13.7. The Bertz CT molecular complexity index is 1060. The number of phenols is 1. The number of thiophene rings is 1. The summed E-state index contributed by atoms with van der Waals surface area (Å²) in [5, 5.41) is 20.8. The summed E-state index contributed by atoms with van der Waals surface area (Å²) in [5.41, 5.74) is 1.71. The lowest BCUT2D eigenvalue weighted by Crippen LogP contribution is -2.06. The molecule has 2 aromatic carbocycles. The Morgan fingerprint density at radius 1 is 1.00 bits per heavy atom. The SMILES string of the molecule is O=C(CSc1nnc(-c2cccs2)n1Cc1ccccc1)c1ccc(O)cc1. The van der Waals surface area contributed by atoms with E-state index in [1.165, 1.54) is 23.9 Å². The predicted octanol–water partition coefficient (Wildman–Crippen LogP) is 4.74. The fourth-order valence-corrected chi connectivity index (χ4v) is 4.30. The van der Waals surface area contributed by atoms with Gasteiger partial charge in [-0.3, -0.25) is 9.36 Å². The first-order valence-electron chi connectivity index (χ1n) is 8.67. The molecule has 28 heavy (non-hydrogen) atoms. The summed E-state index contributed by atoms with van der Waals surface area (Å²) in [7, 11) is 0. The van der Waals surface area contributed by atoms with E-state index in [0.29, 0.717) is 17.3 Å². The number of aromatic nitrogens is 3. The number of carbonyl (C=O) groups is 1. The maximum atomic E-state index is 12.5. The standard InChI is InChI=1S/C21H17N3O2S2/c25-17-10-8-16(9-11-17)18(26)14-28-21-23-22-20(19-7-4-12-27-19)24(21)13-15-5-2-1-3-6-15/h1-12,25H,13-14H2. The second-order valence-electron chi connectivity index (χ2n) is 6.11. The van der Waals surface area contributed by atoms with Crippen LogP contribution in [-0.4, -0.2) is 31.4 Å². The lowest BCUT2D eigenvalue weighted by molar-refractivity contribution is 0.102. The van der Waals surface area contributed by atoms with Crippen molar-refractivity contribution in [3.8, 4) is 16.5 Å². The van der Waals surface area contributed by atoms with Crippen molar-refractivity contribution in [1.29, 1.82) is 0 Å². The van der Waals surface area contributed by atoms with Gasteiger partial charge in [0, 0.05) is 5.56 Å². The molecule has 0 unspecified atom stereocenters. The molecule has 0 saturated heterocycles. The molecular weight excluding hydrogens is 390 g/mol. The minimum Gasteiger partial charge on any atom is -0.508 e. The van der Waals surface area contributed by atoms with E-state index in [0.717, 1.165) is 16.3 Å². The zero-order valence-electron chi connectivity index (χ0n) is 14.9. The van der Waals surface area contributed by atoms with Crippen molar-refractivity contribution in [1.82, 2.24) is 14.8 Å². The number of carbonyl (C=O) groups excluding carboxylic acids is 1. The van der Waals surface area contributed by atoms with Gasteiger partial charge >= 0.3 is 0 Å². The fourth-order valence-electron chi connectivity index (χ4n) is 2.75. The molecule has 4 aromatic rings. The van der Waals surface area contributed by atoms with Crippen molar-refractivity contribution in [3.05, 3.63) is 83.2 Å². The second-order valence-corrected chi connectivity index (χ2v) is 8.00. The number of phenolic OH excluding ortho intramolecular Hbond substituents is 1. The van der Waals surface area contributed by atoms with Gasteiger partial charge in [-0.1, -0.05) is 48.2 Å². The first kappa shape index (κ1) is 18.5. The van der Waals surface area contributed by atoms with Crippen LogP contribution in [0.15, 0.2) is 77.3 Å². The Labute approximate surface area is 170 Å². The molecule has 7 heteroatoms. The van der Waals surface area contributed by atoms with Crippen LogP contribution in [0.4, 0.5) is 0 Å². The molecule has 0 radical (unpaired) electrons. The van der Waals surface area contributed by atoms with E-state index in [4.69, 9.17) is 0 Å². The van der Waals surface area contributed by atoms with Gasteiger partial charge in [-0.05, 0) is 41.3 Å². The van der Waals surface area contributed by atoms with Crippen LogP contribution in [0, 0.1) is 0 Å². The molecule has 0 fully saturated rings. The lowest BCUT2D eigenvalue weighted by Gasteiger charge is -2.09. The second kappa shape index (κ2) is 8.41. The van der Waals surface area contributed by atoms with Crippen LogP contribution >= 0.6 is 23.1 Å². The zero-order valence-corrected chi connectivity index (χ0v) is 16.5. The van der Waals surface area contributed by atoms with E-state index in [1.54, 1.807) is 23.5 Å². The van der Waals surface area contributed by atoms with Crippen LogP contribution in [0.25, 0.3) is 10.7 Å². The summed E-state index contributed by atoms with van der Waals surface area (Å²) in [5.74, 6) is 1.19. The van der Waals surface area contributed by atoms with Crippen molar-refractivity contribution in [2.45, 2.75) is 11.7 Å². The number of aromatic hydroxyl groups is 1. The molecule has 5 nitrogen and oxygen atoms in total. The average Bonchev–Trinajstić information content (AvgIpc) is 3.37. The molecule has 140 valence electrons. The van der Waals surface area contributed by atoms with Crippen molar-refractivity contribution >= 4 is 28.9 Å². The topological polar surface area (TPSA) is 68.0 Å². The number of hydrogen-bond acceptors (Lipinski definition) is 6. The molecule has 0 atom stereocenters. The van der Waals surface area contributed by atoms with Gasteiger partial charge < -0.3 is 5.11 Å². The number of rotatable bonds is 7. The van der Waals surface area contributed by atoms with E-state index >= 15 is 0 Å². The predicted molar refractivity (Wildman–Crippen MR) is 112 cm³/mol. The minimum absolute atomic E-state index is 0.0167. The molecule has 4 rings (SSSR count). The van der Waals surface area contributed by atoms with Crippen molar-refractivity contribution in [2.75, 3.05) is 5.75 Å². The van der Waals surface area contributed by atoms with Gasteiger partial charge in [-0.15, -0.1) is 21.5 Å². The highest BCUT2D eigenvalue weighted by Gasteiger charge is 2.17. The summed E-state index contributed by atoms with van der Waals surface area (Å²) in [6.07, 6.45) is 0. The Balaban J connectivity index is 1.57. The third-order valence-electron chi connectivity index (χ3n) is 4.16. The number of ketones is 1. The van der Waals surface area contributed by atoms with Gasteiger partial charge in [0.15, 0.2) is 16.8 Å². The molecule has 0 amide bonds. The van der Waals surface area contributed by atoms with Crippen molar-refractivity contribution < 1.29 is 9.90 Å². The molecule has 0 aliphatic carbocycles. The Morgan fingerprint density at radius 2 is 1.79 bits per heavy atom. The summed E-state index contributed by atoms with van der Waals surface area (Å²) in [6, 6.07) is 20.4. The highest BCUT2D eigenvalue weighted by Crippen LogP contribution is 2.28. The van der Waals surface area contributed by atoms with Gasteiger partial charge in [0.1, 0.15) is 5.75 Å². The summed E-state index contributed by atoms with van der Waals surface area (Å²) < 4.78 is 2.05. The Hall–Kier alpha value is -2.90. The van der Waals surface area contributed by atoms with E-state index in [1.807, 2.05) is 35.7 Å². The number of nitrogens with zero attached hydrogens (tertiary/aromatic N) is 3. The van der Waals surface area contributed by atoms with Crippen LogP contribution < -0.4 is 0 Å². The number of benzene rings is 2. The number of hydrogen-bond donors (Lipinski definition) is 1. The lowest BCUT2D eigenvalue weighted by atomic mass is 10.1. The molecule has 0 saturated carbocycles. The fraction of sp³-hybridized carbons (Fsp3) is 0.0952. The smallest absolute Gasteiger partial charge is 0.192 e. The third kappa shape index (κ3) is 4.16. The average molecular weight is 408 g/mol. The third-order valence-corrected chi connectivity index (χ3v) is 6.00. The minimum atomic E-state index is -0.0167. The molecule has 0 bridgehead atoms. The highest BCUT2D eigenvalue weighted by molar-refractivity contribution is 7.99. The zero-order chi connectivity index (χ0) is 19.3. The van der Waals surface area contributed by atoms with Crippen LogP contribution in [0.5, 0.6) is 5.75 Å². The number of thioether (sulfide) groups is 1. The molecule has 0 spiro atoms. The number of Topliss-reactive ketones (excluding diaryl/α,β-unsaturated/α-hetero) is 1. The summed E-state index contributed by atoms with van der Waals surface area (Å²) in [4.78, 5) is 13.5. The van der Waals surface area contributed by atoms with E-state index in [9.17, 15) is 9.90 Å². The molecule has 1 N–H and O–H groups in total. The van der Waals surface area contributed by atoms with Gasteiger partial charge in [0.25, 0.3) is 0 Å². The molecule has 0 aliphatic heterocycles. The van der Waals surface area contributed by atoms with Crippen molar-refractivity contribution in [2.24, 2.45) is 0 Å². The van der Waals surface area contributed by atoms with Gasteiger partial charge in [0.2, 0.25) is 0 Å². The van der Waals surface area contributed by atoms with E-state index < -0.39 is 0 Å². The molecule has 2 aromatic heterocycles. The van der Waals surface area contributed by atoms with Crippen LogP contribution in [0.1, 0.15) is 15.9 Å². The first-order valence-corrected chi connectivity index (χ1v) is 10.5. The normalized spacial score (nSPS) is 10.9. The van der Waals surface area contributed by atoms with Crippen molar-refractivity contribution in [3.63, 3.8) is 0 Å².